The van der Waals surface area contributed by atoms with Gasteiger partial charge in [0.1, 0.15) is 5.76 Å². The highest BCUT2D eigenvalue weighted by atomic mass is 16.4. The molecule has 2 rings (SSSR count). The Hall–Kier alpha value is -1.82. The minimum absolute atomic E-state index is 0.0149. The van der Waals surface area contributed by atoms with E-state index in [1.165, 1.54) is 0 Å². The van der Waals surface area contributed by atoms with Gasteiger partial charge in [0, 0.05) is 12.6 Å². The van der Waals surface area contributed by atoms with Crippen molar-refractivity contribution in [3.63, 3.8) is 0 Å². The molecule has 1 atom stereocenters. The number of hydrogen-bond acceptors (Lipinski definition) is 4. The van der Waals surface area contributed by atoms with Gasteiger partial charge in [0.15, 0.2) is 0 Å². The third kappa shape index (κ3) is 3.07. The van der Waals surface area contributed by atoms with Crippen LogP contribution in [-0.2, 0) is 16.1 Å². The Labute approximate surface area is 98.2 Å². The second-order valence-electron chi connectivity index (χ2n) is 4.04. The Morgan fingerprint density at radius 2 is 2.47 bits per heavy atom. The van der Waals surface area contributed by atoms with E-state index in [1.807, 2.05) is 11.0 Å². The number of carboxylic acid groups (broad SMARTS) is 1. The third-order valence-corrected chi connectivity index (χ3v) is 2.75. The van der Waals surface area contributed by atoms with Gasteiger partial charge in [-0.1, -0.05) is 0 Å². The second-order valence-corrected chi connectivity index (χ2v) is 4.04. The van der Waals surface area contributed by atoms with Crippen LogP contribution in [0.4, 0.5) is 0 Å². The number of furan rings is 1. The van der Waals surface area contributed by atoms with Crippen LogP contribution in [0.3, 0.4) is 0 Å². The zero-order chi connectivity index (χ0) is 12.3. The molecule has 17 heavy (non-hydrogen) atoms. The first-order valence-electron chi connectivity index (χ1n) is 5.40. The number of piperazine rings is 1. The highest BCUT2D eigenvalue weighted by molar-refractivity contribution is 5.79. The summed E-state index contributed by atoms with van der Waals surface area (Å²) in [5.74, 6) is -0.219. The Balaban J connectivity index is 2.03. The van der Waals surface area contributed by atoms with Gasteiger partial charge in [-0.25, -0.2) is 0 Å². The van der Waals surface area contributed by atoms with Gasteiger partial charge >= 0.3 is 5.97 Å². The van der Waals surface area contributed by atoms with E-state index >= 15 is 0 Å². The molecule has 1 amide bonds. The van der Waals surface area contributed by atoms with Crippen LogP contribution in [0.25, 0.3) is 0 Å². The van der Waals surface area contributed by atoms with Gasteiger partial charge in [-0.15, -0.1) is 0 Å². The molecule has 92 valence electrons. The molecule has 0 aromatic carbocycles. The number of carbonyl (C=O) groups is 2. The van der Waals surface area contributed by atoms with Crippen LogP contribution < -0.4 is 5.32 Å². The van der Waals surface area contributed by atoms with Crippen LogP contribution in [0.15, 0.2) is 22.8 Å². The highest BCUT2D eigenvalue weighted by Crippen LogP contribution is 2.13. The SMILES string of the molecule is O=C(O)CC1CNC(=O)CN1Cc1ccco1. The molecule has 2 N–H and O–H groups in total. The van der Waals surface area contributed by atoms with Gasteiger partial charge in [0.05, 0.1) is 25.8 Å². The minimum Gasteiger partial charge on any atom is -0.481 e. The van der Waals surface area contributed by atoms with Gasteiger partial charge in [-0.2, -0.15) is 0 Å². The van der Waals surface area contributed by atoms with Crippen molar-refractivity contribution in [2.24, 2.45) is 0 Å². The normalized spacial score (nSPS) is 21.2. The van der Waals surface area contributed by atoms with Gasteiger partial charge < -0.3 is 14.8 Å². The zero-order valence-corrected chi connectivity index (χ0v) is 9.26. The summed E-state index contributed by atoms with van der Waals surface area (Å²) in [5, 5.41) is 11.5. The molecule has 2 heterocycles. The number of nitrogens with zero attached hydrogens (tertiary/aromatic N) is 1. The maximum absolute atomic E-state index is 11.3. The van der Waals surface area contributed by atoms with E-state index in [9.17, 15) is 9.59 Å². The maximum Gasteiger partial charge on any atom is 0.305 e. The number of hydrogen-bond donors (Lipinski definition) is 2. The summed E-state index contributed by atoms with van der Waals surface area (Å²) in [6.45, 7) is 1.03. The molecule has 1 aromatic heterocycles. The van der Waals surface area contributed by atoms with Crippen molar-refractivity contribution in [1.82, 2.24) is 10.2 Å². The summed E-state index contributed by atoms with van der Waals surface area (Å²) in [5.41, 5.74) is 0. The summed E-state index contributed by atoms with van der Waals surface area (Å²) < 4.78 is 5.20. The number of aliphatic carboxylic acids is 1. The minimum atomic E-state index is -0.865. The summed E-state index contributed by atoms with van der Waals surface area (Å²) in [6, 6.07) is 3.39. The summed E-state index contributed by atoms with van der Waals surface area (Å²) in [6.07, 6.45) is 1.58. The molecule has 6 heteroatoms. The number of carbonyl (C=O) groups excluding carboxylic acids is 1. The van der Waals surface area contributed by atoms with Crippen LogP contribution in [0.2, 0.25) is 0 Å². The lowest BCUT2D eigenvalue weighted by Crippen LogP contribution is -2.54. The molecule has 1 fully saturated rings. The molecule has 0 saturated carbocycles. The molecule has 0 radical (unpaired) electrons. The van der Waals surface area contributed by atoms with Crippen molar-refractivity contribution >= 4 is 11.9 Å². The Bertz CT molecular complexity index is 402. The number of rotatable bonds is 4. The standard InChI is InChI=1S/C11H14N2O4/c14-10-7-13(6-9-2-1-3-17-9)8(5-12-10)4-11(15)16/h1-3,8H,4-7H2,(H,12,14)(H,15,16). The fourth-order valence-electron chi connectivity index (χ4n) is 1.92. The average molecular weight is 238 g/mol. The highest BCUT2D eigenvalue weighted by Gasteiger charge is 2.28. The van der Waals surface area contributed by atoms with Crippen molar-refractivity contribution in [1.29, 1.82) is 0 Å². The quantitative estimate of drug-likeness (QED) is 0.774. The van der Waals surface area contributed by atoms with E-state index in [4.69, 9.17) is 9.52 Å². The van der Waals surface area contributed by atoms with Crippen LogP contribution in [0, 0.1) is 0 Å². The predicted molar refractivity (Wildman–Crippen MR) is 58.2 cm³/mol. The Morgan fingerprint density at radius 3 is 3.12 bits per heavy atom. The topological polar surface area (TPSA) is 82.8 Å². The molecule has 1 unspecified atom stereocenters. The van der Waals surface area contributed by atoms with Crippen LogP contribution >= 0.6 is 0 Å². The van der Waals surface area contributed by atoms with E-state index in [0.29, 0.717) is 13.1 Å². The van der Waals surface area contributed by atoms with Gasteiger partial charge in [0.2, 0.25) is 5.91 Å². The first kappa shape index (κ1) is 11.7. The molecule has 6 nitrogen and oxygen atoms in total. The molecule has 0 spiro atoms. The van der Waals surface area contributed by atoms with E-state index in [0.717, 1.165) is 5.76 Å². The third-order valence-electron chi connectivity index (χ3n) is 2.75. The number of carboxylic acids is 1. The fourth-order valence-corrected chi connectivity index (χ4v) is 1.92. The van der Waals surface area contributed by atoms with Crippen molar-refractivity contribution < 1.29 is 19.1 Å². The largest absolute Gasteiger partial charge is 0.481 e. The van der Waals surface area contributed by atoms with Crippen molar-refractivity contribution in [3.05, 3.63) is 24.2 Å². The molecule has 1 aliphatic heterocycles. The Morgan fingerprint density at radius 1 is 1.65 bits per heavy atom. The first-order chi connectivity index (χ1) is 8.15. The van der Waals surface area contributed by atoms with Crippen LogP contribution in [0.1, 0.15) is 12.2 Å². The molecule has 0 bridgehead atoms. The molecular weight excluding hydrogens is 224 g/mol. The predicted octanol–water partition coefficient (Wildman–Crippen LogP) is 0.0547. The van der Waals surface area contributed by atoms with Crippen LogP contribution in [-0.4, -0.2) is 41.0 Å². The second kappa shape index (κ2) is 5.01. The van der Waals surface area contributed by atoms with Crippen molar-refractivity contribution in [2.45, 2.75) is 19.0 Å². The Kier molecular flexibility index (Phi) is 3.43. The van der Waals surface area contributed by atoms with E-state index < -0.39 is 5.97 Å². The fraction of sp³-hybridized carbons (Fsp3) is 0.455. The number of amides is 1. The summed E-state index contributed by atoms with van der Waals surface area (Å²) in [4.78, 5) is 23.9. The van der Waals surface area contributed by atoms with E-state index in [2.05, 4.69) is 5.32 Å². The van der Waals surface area contributed by atoms with Gasteiger partial charge in [-0.3, -0.25) is 14.5 Å². The molecule has 1 aromatic rings. The smallest absolute Gasteiger partial charge is 0.305 e. The lowest BCUT2D eigenvalue weighted by Gasteiger charge is -2.33. The molecule has 1 aliphatic rings. The van der Waals surface area contributed by atoms with Crippen molar-refractivity contribution in [2.75, 3.05) is 13.1 Å². The lowest BCUT2D eigenvalue weighted by molar-refractivity contribution is -0.140. The van der Waals surface area contributed by atoms with Crippen molar-refractivity contribution in [3.8, 4) is 0 Å². The van der Waals surface area contributed by atoms with Crippen LogP contribution in [0.5, 0.6) is 0 Å². The summed E-state index contributed by atoms with van der Waals surface area (Å²) in [7, 11) is 0. The number of nitrogens with one attached hydrogen (secondary N) is 1. The van der Waals surface area contributed by atoms with Gasteiger partial charge in [-0.05, 0) is 12.1 Å². The first-order valence-corrected chi connectivity index (χ1v) is 5.40. The average Bonchev–Trinajstić information content (AvgIpc) is 2.74. The van der Waals surface area contributed by atoms with E-state index in [1.54, 1.807) is 12.3 Å². The monoisotopic (exact) mass is 238 g/mol. The lowest BCUT2D eigenvalue weighted by atomic mass is 10.1. The van der Waals surface area contributed by atoms with E-state index in [-0.39, 0.29) is 24.9 Å². The molecule has 0 aliphatic carbocycles. The van der Waals surface area contributed by atoms with Gasteiger partial charge in [0.25, 0.3) is 0 Å². The molecule has 1 saturated heterocycles. The zero-order valence-electron chi connectivity index (χ0n) is 9.26. The molecular formula is C11H14N2O4. The summed E-state index contributed by atoms with van der Waals surface area (Å²) >= 11 is 0. The maximum atomic E-state index is 11.3.